The van der Waals surface area contributed by atoms with Crippen LogP contribution in [0.15, 0.2) is 48.5 Å². The molecular weight excluding hydrogens is 462 g/mol. The van der Waals surface area contributed by atoms with E-state index >= 15 is 8.78 Å². The number of alkyl carbamates (subject to hydrolysis) is 1. The summed E-state index contributed by atoms with van der Waals surface area (Å²) < 4.78 is 35.6. The number of hydrogen-bond acceptors (Lipinski definition) is 5. The average Bonchev–Trinajstić information content (AvgIpc) is 3.60. The molecule has 5 rings (SSSR count). The van der Waals surface area contributed by atoms with E-state index in [2.05, 4.69) is 5.32 Å². The first-order valence-electron chi connectivity index (χ1n) is 11.4. The van der Waals surface area contributed by atoms with Crippen LogP contribution in [-0.2, 0) is 14.3 Å². The highest BCUT2D eigenvalue weighted by molar-refractivity contribution is 5.90. The zero-order valence-corrected chi connectivity index (χ0v) is 18.6. The third-order valence-corrected chi connectivity index (χ3v) is 6.98. The molecule has 0 aromatic heterocycles. The number of halogens is 2. The summed E-state index contributed by atoms with van der Waals surface area (Å²) >= 11 is 0. The van der Waals surface area contributed by atoms with E-state index in [0.29, 0.717) is 17.7 Å². The second-order valence-electron chi connectivity index (χ2n) is 9.41. The molecule has 2 aliphatic carbocycles. The van der Waals surface area contributed by atoms with Crippen molar-refractivity contribution in [3.8, 4) is 11.1 Å². The second-order valence-corrected chi connectivity index (χ2v) is 9.41. The minimum absolute atomic E-state index is 0.0610. The van der Waals surface area contributed by atoms with Crippen molar-refractivity contribution in [2.45, 2.75) is 36.3 Å². The van der Waals surface area contributed by atoms with Gasteiger partial charge in [0.2, 0.25) is 0 Å². The minimum atomic E-state index is -3.98. The monoisotopic (exact) mass is 486 g/mol. The van der Waals surface area contributed by atoms with E-state index in [4.69, 9.17) is 9.84 Å². The number of ether oxygens (including phenoxy) is 1. The number of β-amino-alcohol motifs (C(OH)–C–C–N with tert-alkyl or cyclic N) is 1. The molecule has 35 heavy (non-hydrogen) atoms. The number of likely N-dealkylation sites (tertiary alicyclic amines) is 1. The number of nitrogens with one attached hydrogen (secondary N) is 1. The van der Waals surface area contributed by atoms with Crippen LogP contribution in [0.25, 0.3) is 11.1 Å². The van der Waals surface area contributed by atoms with E-state index in [1.165, 1.54) is 0 Å². The number of aliphatic hydroxyl groups is 1. The normalized spacial score (nSPS) is 19.2. The number of rotatable bonds is 7. The summed E-state index contributed by atoms with van der Waals surface area (Å²) in [5, 5.41) is 20.9. The number of aliphatic carboxylic acids is 1. The Morgan fingerprint density at radius 2 is 1.60 bits per heavy atom. The topological polar surface area (TPSA) is 116 Å². The predicted molar refractivity (Wildman–Crippen MR) is 119 cm³/mol. The Balaban J connectivity index is 1.25. The van der Waals surface area contributed by atoms with Gasteiger partial charge in [-0.3, -0.25) is 4.79 Å². The van der Waals surface area contributed by atoms with Crippen LogP contribution in [0, 0.1) is 5.92 Å². The minimum Gasteiger partial charge on any atom is -0.479 e. The fraction of sp³-hybridized carbons (Fsp3) is 0.400. The fourth-order valence-electron chi connectivity index (χ4n) is 4.91. The van der Waals surface area contributed by atoms with Crippen LogP contribution in [0.5, 0.6) is 0 Å². The maximum absolute atomic E-state index is 15.1. The summed E-state index contributed by atoms with van der Waals surface area (Å²) in [6.45, 7) is -1.54. The van der Waals surface area contributed by atoms with Crippen LogP contribution < -0.4 is 5.32 Å². The number of alkyl halides is 2. The van der Waals surface area contributed by atoms with Crippen LogP contribution in [0.2, 0.25) is 0 Å². The van der Waals surface area contributed by atoms with Gasteiger partial charge in [0, 0.05) is 5.92 Å². The van der Waals surface area contributed by atoms with Crippen molar-refractivity contribution < 1.29 is 38.1 Å². The van der Waals surface area contributed by atoms with E-state index in [1.54, 1.807) is 0 Å². The zero-order valence-electron chi connectivity index (χ0n) is 18.6. The van der Waals surface area contributed by atoms with Gasteiger partial charge in [-0.1, -0.05) is 48.5 Å². The van der Waals surface area contributed by atoms with E-state index in [9.17, 15) is 19.5 Å². The van der Waals surface area contributed by atoms with E-state index in [-0.39, 0.29) is 12.5 Å². The number of fused-ring (bicyclic) bond motifs is 3. The zero-order chi connectivity index (χ0) is 25.0. The van der Waals surface area contributed by atoms with Crippen LogP contribution in [0.4, 0.5) is 13.6 Å². The molecule has 1 saturated carbocycles. The summed E-state index contributed by atoms with van der Waals surface area (Å²) in [5.41, 5.74) is 1.77. The molecule has 1 heterocycles. The number of carbonyl (C=O) groups is 3. The quantitative estimate of drug-likeness (QED) is 0.554. The molecule has 10 heteroatoms. The number of amides is 2. The first kappa shape index (κ1) is 23.2. The summed E-state index contributed by atoms with van der Waals surface area (Å²) in [6, 6.07) is 13.6. The highest BCUT2D eigenvalue weighted by atomic mass is 19.3. The van der Waals surface area contributed by atoms with Crippen molar-refractivity contribution in [3.63, 3.8) is 0 Å². The Morgan fingerprint density at radius 3 is 2.11 bits per heavy atom. The Labute approximate surface area is 199 Å². The Morgan fingerprint density at radius 1 is 1.06 bits per heavy atom. The van der Waals surface area contributed by atoms with Crippen molar-refractivity contribution in [3.05, 3.63) is 59.7 Å². The summed E-state index contributed by atoms with van der Waals surface area (Å²) in [5.74, 6) is -8.04. The van der Waals surface area contributed by atoms with E-state index < -0.39 is 54.5 Å². The molecule has 1 atom stereocenters. The molecule has 184 valence electrons. The molecule has 0 spiro atoms. The van der Waals surface area contributed by atoms with Gasteiger partial charge in [-0.25, -0.2) is 9.59 Å². The Bertz CT molecular complexity index is 1150. The average molecular weight is 486 g/mol. The molecular formula is C25H24F2N2O6. The molecule has 1 aliphatic heterocycles. The summed E-state index contributed by atoms with van der Waals surface area (Å²) in [4.78, 5) is 36.6. The first-order chi connectivity index (χ1) is 16.6. The van der Waals surface area contributed by atoms with Crippen LogP contribution in [-0.4, -0.2) is 70.3 Å². The summed E-state index contributed by atoms with van der Waals surface area (Å²) in [6.07, 6.45) is -0.228. The van der Waals surface area contributed by atoms with Crippen LogP contribution >= 0.6 is 0 Å². The van der Waals surface area contributed by atoms with Gasteiger partial charge < -0.3 is 25.2 Å². The van der Waals surface area contributed by atoms with Crippen molar-refractivity contribution in [2.75, 3.05) is 19.7 Å². The van der Waals surface area contributed by atoms with Crippen molar-refractivity contribution in [1.29, 1.82) is 0 Å². The molecule has 8 nitrogen and oxygen atoms in total. The third kappa shape index (κ3) is 4.01. The maximum Gasteiger partial charge on any atom is 0.407 e. The van der Waals surface area contributed by atoms with Gasteiger partial charge in [-0.05, 0) is 41.0 Å². The van der Waals surface area contributed by atoms with Crippen molar-refractivity contribution in [1.82, 2.24) is 10.2 Å². The molecule has 2 fully saturated rings. The van der Waals surface area contributed by atoms with Gasteiger partial charge in [0.05, 0.1) is 13.1 Å². The fourth-order valence-corrected chi connectivity index (χ4v) is 4.91. The molecule has 2 aromatic rings. The van der Waals surface area contributed by atoms with Crippen LogP contribution in [0.1, 0.15) is 29.9 Å². The van der Waals surface area contributed by atoms with E-state index in [0.717, 1.165) is 22.3 Å². The number of carboxylic acid groups (broad SMARTS) is 1. The molecule has 1 saturated heterocycles. The number of benzene rings is 2. The lowest BCUT2D eigenvalue weighted by Crippen LogP contribution is -2.71. The molecule has 0 bridgehead atoms. The number of carboxylic acids is 1. The lowest BCUT2D eigenvalue weighted by Gasteiger charge is -2.45. The highest BCUT2D eigenvalue weighted by Crippen LogP contribution is 2.45. The van der Waals surface area contributed by atoms with Crippen molar-refractivity contribution in [2.24, 2.45) is 5.92 Å². The van der Waals surface area contributed by atoms with Crippen molar-refractivity contribution >= 4 is 18.0 Å². The third-order valence-electron chi connectivity index (χ3n) is 6.98. The van der Waals surface area contributed by atoms with Crippen LogP contribution in [0.3, 0.4) is 0 Å². The largest absolute Gasteiger partial charge is 0.479 e. The maximum atomic E-state index is 15.1. The van der Waals surface area contributed by atoms with Gasteiger partial charge in [-0.2, -0.15) is 8.78 Å². The van der Waals surface area contributed by atoms with Gasteiger partial charge in [-0.15, -0.1) is 0 Å². The molecule has 0 radical (unpaired) electrons. The predicted octanol–water partition coefficient (Wildman–Crippen LogP) is 2.60. The number of carbonyl (C=O) groups excluding carboxylic acids is 2. The SMILES string of the molecule is O=C(NC(C1CC1)C(F)(F)C(=O)N1CC(O)(C(=O)O)C1)OCC1c2ccccc2-c2ccccc21. The molecule has 1 unspecified atom stereocenters. The van der Waals surface area contributed by atoms with E-state index in [1.807, 2.05) is 48.5 Å². The lowest BCUT2D eigenvalue weighted by molar-refractivity contribution is -0.195. The Hall–Kier alpha value is -3.53. The van der Waals surface area contributed by atoms with Gasteiger partial charge in [0.25, 0.3) is 5.91 Å². The molecule has 2 amide bonds. The number of hydrogen-bond donors (Lipinski definition) is 3. The van der Waals surface area contributed by atoms with Gasteiger partial charge in [0.1, 0.15) is 12.6 Å². The Kier molecular flexibility index (Phi) is 5.51. The molecule has 2 aromatic carbocycles. The smallest absolute Gasteiger partial charge is 0.407 e. The molecule has 3 aliphatic rings. The lowest BCUT2D eigenvalue weighted by atomic mass is 9.92. The standard InChI is InChI=1S/C25H24F2N2O6/c26-25(27,21(30)29-12-24(34,13-29)22(31)32)20(14-9-10-14)28-23(33)35-11-19-17-7-3-1-5-15(17)16-6-2-4-8-18(16)19/h1-8,14,19-20,34H,9-13H2,(H,28,33)(H,31,32). The second kappa shape index (κ2) is 8.30. The summed E-state index contributed by atoms with van der Waals surface area (Å²) in [7, 11) is 0. The first-order valence-corrected chi connectivity index (χ1v) is 11.4. The molecule has 3 N–H and O–H groups in total. The van der Waals surface area contributed by atoms with Gasteiger partial charge >= 0.3 is 18.0 Å². The van der Waals surface area contributed by atoms with Gasteiger partial charge in [0.15, 0.2) is 5.60 Å². The number of nitrogens with zero attached hydrogens (tertiary/aromatic N) is 1. The highest BCUT2D eigenvalue weighted by Gasteiger charge is 2.60.